The van der Waals surface area contributed by atoms with Crippen LogP contribution in [0.15, 0.2) is 60.2 Å². The van der Waals surface area contributed by atoms with Crippen molar-refractivity contribution in [1.82, 2.24) is 9.47 Å². The Labute approximate surface area is 153 Å². The lowest BCUT2D eigenvalue weighted by Gasteiger charge is -2.10. The molecule has 126 valence electrons. The predicted octanol–water partition coefficient (Wildman–Crippen LogP) is 3.77. The summed E-state index contributed by atoms with van der Waals surface area (Å²) in [6, 6.07) is 9.97. The van der Waals surface area contributed by atoms with Crippen LogP contribution in [0, 0.1) is 10.1 Å². The average Bonchev–Trinajstić information content (AvgIpc) is 3.16. The van der Waals surface area contributed by atoms with E-state index in [4.69, 9.17) is 12.2 Å². The molecule has 0 N–H and O–H groups in total. The van der Waals surface area contributed by atoms with E-state index in [2.05, 4.69) is 6.58 Å². The van der Waals surface area contributed by atoms with Gasteiger partial charge in [0.15, 0.2) is 0 Å². The molecule has 0 atom stereocenters. The van der Waals surface area contributed by atoms with Gasteiger partial charge >= 0.3 is 0 Å². The molecule has 0 bridgehead atoms. The molecule has 1 saturated heterocycles. The first kappa shape index (κ1) is 17.1. The third-order valence-electron chi connectivity index (χ3n) is 3.56. The van der Waals surface area contributed by atoms with Gasteiger partial charge in [-0.3, -0.25) is 19.8 Å². The Morgan fingerprint density at radius 3 is 2.84 bits per heavy atom. The van der Waals surface area contributed by atoms with Crippen LogP contribution in [0.2, 0.25) is 0 Å². The lowest BCUT2D eigenvalue weighted by atomic mass is 10.2. The molecule has 2 aromatic rings. The van der Waals surface area contributed by atoms with Gasteiger partial charge in [-0.15, -0.1) is 6.58 Å². The minimum atomic E-state index is -0.437. The van der Waals surface area contributed by atoms with Crippen LogP contribution in [0.3, 0.4) is 0 Å². The molecule has 1 fully saturated rings. The second kappa shape index (κ2) is 7.04. The maximum atomic E-state index is 12.4. The third kappa shape index (κ3) is 3.40. The van der Waals surface area contributed by atoms with E-state index in [0.29, 0.717) is 21.5 Å². The van der Waals surface area contributed by atoms with Crippen molar-refractivity contribution in [2.24, 2.45) is 0 Å². The maximum absolute atomic E-state index is 12.4. The van der Waals surface area contributed by atoms with E-state index in [0.717, 1.165) is 5.69 Å². The minimum absolute atomic E-state index is 0.00876. The zero-order chi connectivity index (χ0) is 18.0. The molecule has 1 aliphatic rings. The number of carbonyl (C=O) groups is 1. The van der Waals surface area contributed by atoms with Gasteiger partial charge in [-0.1, -0.05) is 36.1 Å². The molecule has 8 heteroatoms. The van der Waals surface area contributed by atoms with Crippen molar-refractivity contribution < 1.29 is 9.72 Å². The van der Waals surface area contributed by atoms with Crippen molar-refractivity contribution in [3.8, 4) is 5.69 Å². The summed E-state index contributed by atoms with van der Waals surface area (Å²) in [5.41, 5.74) is 1.39. The van der Waals surface area contributed by atoms with E-state index >= 15 is 0 Å². The smallest absolute Gasteiger partial charge is 0.271 e. The second-order valence-electron chi connectivity index (χ2n) is 5.16. The molecular weight excluding hydrogens is 358 g/mol. The molecule has 1 aliphatic heterocycles. The van der Waals surface area contributed by atoms with Crippen molar-refractivity contribution in [3.05, 3.63) is 76.0 Å². The number of nitrogens with zero attached hydrogens (tertiary/aromatic N) is 3. The number of hydrogen-bond donors (Lipinski definition) is 0. The van der Waals surface area contributed by atoms with Crippen molar-refractivity contribution >= 4 is 46.0 Å². The number of thioether (sulfide) groups is 1. The van der Waals surface area contributed by atoms with Crippen molar-refractivity contribution in [2.75, 3.05) is 6.54 Å². The summed E-state index contributed by atoms with van der Waals surface area (Å²) in [4.78, 5) is 25.0. The van der Waals surface area contributed by atoms with Gasteiger partial charge in [0.2, 0.25) is 0 Å². The Kier molecular flexibility index (Phi) is 4.82. The molecular formula is C17H13N3O3S2. The van der Waals surface area contributed by atoms with Crippen molar-refractivity contribution in [1.29, 1.82) is 0 Å². The summed E-state index contributed by atoms with van der Waals surface area (Å²) in [5, 5.41) is 11.0. The van der Waals surface area contributed by atoms with Gasteiger partial charge in [-0.2, -0.15) is 0 Å². The van der Waals surface area contributed by atoms with Gasteiger partial charge in [-0.25, -0.2) is 0 Å². The molecule has 6 nitrogen and oxygen atoms in total. The lowest BCUT2D eigenvalue weighted by Crippen LogP contribution is -2.27. The molecule has 0 aliphatic carbocycles. The molecule has 2 heterocycles. The van der Waals surface area contributed by atoms with E-state index in [1.54, 1.807) is 35.0 Å². The fourth-order valence-corrected chi connectivity index (χ4v) is 3.68. The highest BCUT2D eigenvalue weighted by molar-refractivity contribution is 8.26. The van der Waals surface area contributed by atoms with Crippen LogP contribution in [0.5, 0.6) is 0 Å². The Bertz CT molecular complexity index is 917. The van der Waals surface area contributed by atoms with Gasteiger partial charge in [-0.05, 0) is 24.3 Å². The summed E-state index contributed by atoms with van der Waals surface area (Å²) in [6.07, 6.45) is 5.15. The molecule has 1 aromatic carbocycles. The van der Waals surface area contributed by atoms with Crippen LogP contribution in [0.25, 0.3) is 11.8 Å². The monoisotopic (exact) mass is 371 g/mol. The van der Waals surface area contributed by atoms with E-state index < -0.39 is 4.92 Å². The standard InChI is InChI=1S/C17H13N3O3S2/c1-2-8-19-16(21)15(25-17(19)24)11-13-7-4-9-18(13)12-5-3-6-14(10-12)20(22)23/h2-7,9-11H,1,8H2/b15-11+. The molecule has 0 radical (unpaired) electrons. The summed E-state index contributed by atoms with van der Waals surface area (Å²) >= 11 is 6.46. The number of amides is 1. The van der Waals surface area contributed by atoms with E-state index in [9.17, 15) is 14.9 Å². The van der Waals surface area contributed by atoms with Gasteiger partial charge < -0.3 is 4.57 Å². The molecule has 0 spiro atoms. The van der Waals surface area contributed by atoms with Crippen LogP contribution in [0.4, 0.5) is 5.69 Å². The average molecular weight is 371 g/mol. The minimum Gasteiger partial charge on any atom is -0.317 e. The quantitative estimate of drug-likeness (QED) is 0.263. The fraction of sp³-hybridized carbons (Fsp3) is 0.0588. The number of hydrogen-bond acceptors (Lipinski definition) is 5. The number of benzene rings is 1. The second-order valence-corrected chi connectivity index (χ2v) is 6.84. The van der Waals surface area contributed by atoms with Crippen molar-refractivity contribution in [3.63, 3.8) is 0 Å². The first-order valence-corrected chi connectivity index (χ1v) is 8.52. The third-order valence-corrected chi connectivity index (χ3v) is 4.94. The highest BCUT2D eigenvalue weighted by atomic mass is 32.2. The largest absolute Gasteiger partial charge is 0.317 e. The number of thiocarbonyl (C=S) groups is 1. The van der Waals surface area contributed by atoms with E-state index in [-0.39, 0.29) is 11.6 Å². The molecule has 1 amide bonds. The summed E-state index contributed by atoms with van der Waals surface area (Å²) in [6.45, 7) is 4.00. The van der Waals surface area contributed by atoms with Gasteiger partial charge in [0.1, 0.15) is 4.32 Å². The summed E-state index contributed by atoms with van der Waals surface area (Å²) in [5.74, 6) is -0.165. The Balaban J connectivity index is 1.97. The molecule has 25 heavy (non-hydrogen) atoms. The SMILES string of the molecule is C=CCN1C(=O)/C(=C\c2cccn2-c2cccc([N+](=O)[O-])c2)SC1=S. The van der Waals surface area contributed by atoms with Gasteiger partial charge in [0.05, 0.1) is 15.5 Å². The van der Waals surface area contributed by atoms with Crippen molar-refractivity contribution in [2.45, 2.75) is 0 Å². The number of nitro groups is 1. The van der Waals surface area contributed by atoms with Crippen LogP contribution in [-0.2, 0) is 4.79 Å². The summed E-state index contributed by atoms with van der Waals surface area (Å²) < 4.78 is 2.28. The number of aromatic nitrogens is 1. The fourth-order valence-electron chi connectivity index (χ4n) is 2.42. The van der Waals surface area contributed by atoms with Gasteiger partial charge in [0, 0.05) is 30.6 Å². The number of rotatable bonds is 5. The Hall–Kier alpha value is -2.71. The van der Waals surface area contributed by atoms with Gasteiger partial charge in [0.25, 0.3) is 11.6 Å². The molecule has 1 aromatic heterocycles. The zero-order valence-electron chi connectivity index (χ0n) is 13.0. The highest BCUT2D eigenvalue weighted by Crippen LogP contribution is 2.33. The molecule has 0 saturated carbocycles. The van der Waals surface area contributed by atoms with Crippen LogP contribution in [-0.4, -0.2) is 31.2 Å². The zero-order valence-corrected chi connectivity index (χ0v) is 14.6. The first-order chi connectivity index (χ1) is 12.0. The molecule has 3 rings (SSSR count). The van der Waals surface area contributed by atoms with Crippen LogP contribution in [0.1, 0.15) is 5.69 Å². The predicted molar refractivity (Wildman–Crippen MR) is 102 cm³/mol. The number of carbonyl (C=O) groups excluding carboxylic acids is 1. The first-order valence-electron chi connectivity index (χ1n) is 7.29. The van der Waals surface area contributed by atoms with E-state index in [1.807, 2.05) is 12.1 Å². The number of non-ortho nitro benzene ring substituents is 1. The normalized spacial score (nSPS) is 15.8. The Morgan fingerprint density at radius 2 is 2.12 bits per heavy atom. The van der Waals surface area contributed by atoms with E-state index in [1.165, 1.54) is 28.8 Å². The van der Waals surface area contributed by atoms with Crippen LogP contribution < -0.4 is 0 Å². The molecule has 0 unspecified atom stereocenters. The van der Waals surface area contributed by atoms with Crippen LogP contribution >= 0.6 is 24.0 Å². The maximum Gasteiger partial charge on any atom is 0.271 e. The summed E-state index contributed by atoms with van der Waals surface area (Å²) in [7, 11) is 0. The Morgan fingerprint density at radius 1 is 1.32 bits per heavy atom. The lowest BCUT2D eigenvalue weighted by molar-refractivity contribution is -0.384. The topological polar surface area (TPSA) is 68.4 Å². The number of nitro benzene ring substituents is 1. The highest BCUT2D eigenvalue weighted by Gasteiger charge is 2.31.